The van der Waals surface area contributed by atoms with Crippen molar-refractivity contribution >= 4 is 11.8 Å². The number of aryl methyl sites for hydroxylation is 1. The van der Waals surface area contributed by atoms with Gasteiger partial charge < -0.3 is 0 Å². The van der Waals surface area contributed by atoms with Crippen molar-refractivity contribution in [1.29, 1.82) is 0 Å². The van der Waals surface area contributed by atoms with Gasteiger partial charge in [-0.05, 0) is 37.5 Å². The zero-order chi connectivity index (χ0) is 19.6. The van der Waals surface area contributed by atoms with Crippen molar-refractivity contribution < 1.29 is 22.8 Å². The molecule has 2 heterocycles. The fourth-order valence-electron chi connectivity index (χ4n) is 3.36. The van der Waals surface area contributed by atoms with Gasteiger partial charge >= 0.3 is 12.2 Å². The molecule has 0 bridgehead atoms. The van der Waals surface area contributed by atoms with Crippen molar-refractivity contribution in [3.63, 3.8) is 0 Å². The molecule has 1 aromatic heterocycles. The number of hydrogen-bond acceptors (Lipinski definition) is 3. The monoisotopic (exact) mass is 379 g/mol. The number of rotatable bonds is 5. The van der Waals surface area contributed by atoms with Crippen LogP contribution < -0.4 is 4.90 Å². The van der Waals surface area contributed by atoms with Crippen LogP contribution in [0.25, 0.3) is 0 Å². The second-order valence-corrected chi connectivity index (χ2v) is 6.39. The number of hydrogen-bond donors (Lipinski definition) is 0. The van der Waals surface area contributed by atoms with Crippen LogP contribution >= 0.6 is 0 Å². The Labute approximate surface area is 155 Å². The van der Waals surface area contributed by atoms with Gasteiger partial charge in [-0.3, -0.25) is 9.74 Å². The van der Waals surface area contributed by atoms with E-state index in [0.717, 1.165) is 23.9 Å². The highest BCUT2D eigenvalue weighted by molar-refractivity contribution is 5.94. The molecule has 144 valence electrons. The summed E-state index contributed by atoms with van der Waals surface area (Å²) in [6.45, 7) is 1.81. The number of alkyl halides is 3. The van der Waals surface area contributed by atoms with Gasteiger partial charge in [-0.15, -0.1) is 0 Å². The zero-order valence-corrected chi connectivity index (χ0v) is 15.0. The minimum absolute atomic E-state index is 0.0284. The molecule has 0 aliphatic carbocycles. The molecule has 1 aromatic carbocycles. The van der Waals surface area contributed by atoms with E-state index in [1.165, 1.54) is 17.1 Å². The van der Waals surface area contributed by atoms with Crippen molar-refractivity contribution in [1.82, 2.24) is 10.0 Å². The molecule has 8 heteroatoms. The predicted octanol–water partition coefficient (Wildman–Crippen LogP) is 4.29. The van der Waals surface area contributed by atoms with Crippen LogP contribution in [0.2, 0.25) is 0 Å². The van der Waals surface area contributed by atoms with Crippen molar-refractivity contribution in [3.8, 4) is 0 Å². The molecular formula is C19H20F3N3O2. The summed E-state index contributed by atoms with van der Waals surface area (Å²) in [4.78, 5) is 23.2. The van der Waals surface area contributed by atoms with Crippen LogP contribution in [-0.2, 0) is 17.4 Å². The minimum atomic E-state index is -4.51. The summed E-state index contributed by atoms with van der Waals surface area (Å²) < 4.78 is 39.2. The third-order valence-corrected chi connectivity index (χ3v) is 4.74. The van der Waals surface area contributed by atoms with Crippen LogP contribution in [0.5, 0.6) is 0 Å². The van der Waals surface area contributed by atoms with Crippen LogP contribution in [0.3, 0.4) is 0 Å². The van der Waals surface area contributed by atoms with Gasteiger partial charge in [0.05, 0.1) is 24.8 Å². The first-order valence-electron chi connectivity index (χ1n) is 8.56. The van der Waals surface area contributed by atoms with E-state index in [1.807, 2.05) is 37.3 Å². The molecule has 1 aliphatic rings. The van der Waals surface area contributed by atoms with Gasteiger partial charge in [-0.1, -0.05) is 30.3 Å². The lowest BCUT2D eigenvalue weighted by atomic mass is 10.0. The number of pyridine rings is 1. The van der Waals surface area contributed by atoms with E-state index in [1.54, 1.807) is 0 Å². The number of carbonyl (C=O) groups is 1. The number of benzene rings is 1. The summed E-state index contributed by atoms with van der Waals surface area (Å²) in [7, 11) is 1.37. The van der Waals surface area contributed by atoms with Gasteiger partial charge in [0, 0.05) is 6.20 Å². The molecule has 1 aliphatic heterocycles. The normalized spacial score (nSPS) is 20.4. The van der Waals surface area contributed by atoms with Gasteiger partial charge in [0.1, 0.15) is 5.82 Å². The van der Waals surface area contributed by atoms with Gasteiger partial charge in [0.2, 0.25) is 0 Å². The lowest BCUT2D eigenvalue weighted by Gasteiger charge is -2.24. The number of anilines is 1. The summed E-state index contributed by atoms with van der Waals surface area (Å²) in [5.41, 5.74) is 0.246. The highest BCUT2D eigenvalue weighted by Crippen LogP contribution is 2.35. The van der Waals surface area contributed by atoms with E-state index in [9.17, 15) is 18.0 Å². The Kier molecular flexibility index (Phi) is 5.36. The minimum Gasteiger partial charge on any atom is -0.272 e. The topological polar surface area (TPSA) is 45.7 Å². The van der Waals surface area contributed by atoms with Crippen LogP contribution in [0.4, 0.5) is 23.8 Å². The lowest BCUT2D eigenvalue weighted by molar-refractivity contribution is -0.137. The maximum Gasteiger partial charge on any atom is 0.416 e. The van der Waals surface area contributed by atoms with Crippen LogP contribution in [-0.4, -0.2) is 35.3 Å². The highest BCUT2D eigenvalue weighted by Gasteiger charge is 2.45. The van der Waals surface area contributed by atoms with E-state index in [-0.39, 0.29) is 17.9 Å². The fraction of sp³-hybridized carbons (Fsp3) is 0.368. The molecule has 3 rings (SSSR count). The number of urea groups is 1. The van der Waals surface area contributed by atoms with E-state index in [2.05, 4.69) is 4.98 Å². The van der Waals surface area contributed by atoms with Crippen LogP contribution in [0.15, 0.2) is 48.7 Å². The van der Waals surface area contributed by atoms with Gasteiger partial charge in [0.25, 0.3) is 0 Å². The molecular weight excluding hydrogens is 359 g/mol. The van der Waals surface area contributed by atoms with E-state index >= 15 is 0 Å². The van der Waals surface area contributed by atoms with Crippen molar-refractivity contribution in [2.75, 3.05) is 12.0 Å². The van der Waals surface area contributed by atoms with Crippen molar-refractivity contribution in [2.24, 2.45) is 0 Å². The average molecular weight is 379 g/mol. The first kappa shape index (κ1) is 19.2. The van der Waals surface area contributed by atoms with Crippen LogP contribution in [0.1, 0.15) is 24.5 Å². The summed E-state index contributed by atoms with van der Waals surface area (Å²) in [6, 6.07) is 10.3. The molecule has 0 radical (unpaired) electrons. The Morgan fingerprint density at radius 2 is 1.89 bits per heavy atom. The number of hydroxylamine groups is 2. The molecule has 0 spiro atoms. The summed E-state index contributed by atoms with van der Waals surface area (Å²) in [5.74, 6) is -0.0284. The predicted molar refractivity (Wildman–Crippen MR) is 94.0 cm³/mol. The Bertz CT molecular complexity index is 798. The first-order valence-corrected chi connectivity index (χ1v) is 8.56. The van der Waals surface area contributed by atoms with Crippen molar-refractivity contribution in [3.05, 3.63) is 59.8 Å². The van der Waals surface area contributed by atoms with E-state index in [0.29, 0.717) is 12.8 Å². The molecule has 2 atom stereocenters. The molecule has 1 unspecified atom stereocenters. The second-order valence-electron chi connectivity index (χ2n) is 6.39. The standard InChI is InChI=1S/C19H20F3N3O2/c1-13-16(9-8-14-6-4-3-5-7-14)24(18(26)25(13)27-2)17-12-15(10-11-23-17)19(20,21)22/h3-7,10-13,16H,8-9H2,1-2H3/t13-,16?/m0/s1. The van der Waals surface area contributed by atoms with Crippen LogP contribution in [0, 0.1) is 0 Å². The second kappa shape index (κ2) is 7.56. The Balaban J connectivity index is 1.91. The summed E-state index contributed by atoms with van der Waals surface area (Å²) in [6.07, 6.45) is -2.20. The van der Waals surface area contributed by atoms with E-state index < -0.39 is 17.8 Å². The van der Waals surface area contributed by atoms with Crippen molar-refractivity contribution in [2.45, 2.75) is 38.0 Å². The van der Waals surface area contributed by atoms with E-state index in [4.69, 9.17) is 4.84 Å². The molecule has 2 amide bonds. The molecule has 1 saturated heterocycles. The third-order valence-electron chi connectivity index (χ3n) is 4.74. The number of amides is 2. The Hall–Kier alpha value is -2.61. The molecule has 1 fully saturated rings. The maximum absolute atomic E-state index is 13.1. The number of aromatic nitrogens is 1. The maximum atomic E-state index is 13.1. The summed E-state index contributed by atoms with van der Waals surface area (Å²) >= 11 is 0. The number of halogens is 3. The Morgan fingerprint density at radius 1 is 1.19 bits per heavy atom. The number of nitrogens with zero attached hydrogens (tertiary/aromatic N) is 3. The third kappa shape index (κ3) is 3.90. The molecule has 0 N–H and O–H groups in total. The summed E-state index contributed by atoms with van der Waals surface area (Å²) in [5, 5.41) is 1.18. The largest absolute Gasteiger partial charge is 0.416 e. The van der Waals surface area contributed by atoms with Gasteiger partial charge in [-0.2, -0.15) is 18.2 Å². The van der Waals surface area contributed by atoms with Gasteiger partial charge in [-0.25, -0.2) is 9.78 Å². The molecule has 5 nitrogen and oxygen atoms in total. The zero-order valence-electron chi connectivity index (χ0n) is 15.0. The highest BCUT2D eigenvalue weighted by atomic mass is 19.4. The SMILES string of the molecule is CON1C(=O)N(c2cc(C(F)(F)F)ccn2)C(CCc2ccccc2)[C@@H]1C. The lowest BCUT2D eigenvalue weighted by Crippen LogP contribution is -2.37. The average Bonchev–Trinajstić information content (AvgIpc) is 2.89. The van der Waals surface area contributed by atoms with Gasteiger partial charge in [0.15, 0.2) is 0 Å². The fourth-order valence-corrected chi connectivity index (χ4v) is 3.36. The molecule has 27 heavy (non-hydrogen) atoms. The molecule has 0 saturated carbocycles. The number of carbonyl (C=O) groups excluding carboxylic acids is 1. The molecule has 2 aromatic rings. The smallest absolute Gasteiger partial charge is 0.272 e. The quantitative estimate of drug-likeness (QED) is 0.778. The Morgan fingerprint density at radius 3 is 2.52 bits per heavy atom. The first-order chi connectivity index (χ1) is 12.8.